The highest BCUT2D eigenvalue weighted by Crippen LogP contribution is 2.77. The number of fused-ring (bicyclic) bond motifs is 3. The molecule has 5 atom stereocenters. The fraction of sp³-hybridized carbons (Fsp3) is 0.812. The molecule has 1 spiro atoms. The highest BCUT2D eigenvalue weighted by molar-refractivity contribution is 6.51. The van der Waals surface area contributed by atoms with Crippen LogP contribution in [-0.2, 0) is 9.53 Å². The van der Waals surface area contributed by atoms with Crippen LogP contribution in [0.1, 0.15) is 45.4 Å². The molecule has 1 aliphatic heterocycles. The van der Waals surface area contributed by atoms with E-state index in [0.29, 0.717) is 11.5 Å². The molecule has 1 heterocycles. The van der Waals surface area contributed by atoms with E-state index in [2.05, 4.69) is 13.5 Å². The second-order valence-corrected chi connectivity index (χ2v) is 9.10. The largest absolute Gasteiger partial charge is 0.458 e. The summed E-state index contributed by atoms with van der Waals surface area (Å²) in [5.74, 6) is 0.474. The van der Waals surface area contributed by atoms with Gasteiger partial charge in [0.1, 0.15) is 10.4 Å². The van der Waals surface area contributed by atoms with Gasteiger partial charge in [0.2, 0.25) is 0 Å². The molecule has 4 fully saturated rings. The van der Waals surface area contributed by atoms with E-state index in [1.54, 1.807) is 0 Å². The summed E-state index contributed by atoms with van der Waals surface area (Å²) in [6.45, 7) is 6.28. The van der Waals surface area contributed by atoms with Crippen molar-refractivity contribution >= 4 is 29.2 Å². The van der Waals surface area contributed by atoms with E-state index in [9.17, 15) is 4.79 Å². The van der Waals surface area contributed by atoms with Crippen molar-refractivity contribution in [3.05, 3.63) is 12.2 Å². The van der Waals surface area contributed by atoms with Crippen LogP contribution in [0.3, 0.4) is 0 Å². The van der Waals surface area contributed by atoms with Crippen LogP contribution in [-0.4, -0.2) is 16.4 Å². The lowest BCUT2D eigenvalue weighted by molar-refractivity contribution is -0.144. The molecular formula is C16H20Cl2O2. The van der Waals surface area contributed by atoms with Crippen LogP contribution >= 0.6 is 23.2 Å². The molecule has 0 aromatic carbocycles. The van der Waals surface area contributed by atoms with Crippen LogP contribution in [0.4, 0.5) is 0 Å². The first-order valence-corrected chi connectivity index (χ1v) is 8.32. The molecule has 0 unspecified atom stereocenters. The third-order valence-electron chi connectivity index (χ3n) is 6.59. The lowest BCUT2D eigenvalue weighted by atomic mass is 9.52. The molecule has 0 N–H and O–H groups in total. The second-order valence-electron chi connectivity index (χ2n) is 7.61. The Labute approximate surface area is 129 Å². The van der Waals surface area contributed by atoms with Crippen LogP contribution in [0.5, 0.6) is 0 Å². The fourth-order valence-electron chi connectivity index (χ4n) is 5.44. The number of halogens is 2. The summed E-state index contributed by atoms with van der Waals surface area (Å²) >= 11 is 13.0. The molecule has 2 nitrogen and oxygen atoms in total. The minimum atomic E-state index is -0.559. The summed E-state index contributed by atoms with van der Waals surface area (Å²) in [6, 6.07) is 0. The van der Waals surface area contributed by atoms with E-state index >= 15 is 0 Å². The van der Waals surface area contributed by atoms with Gasteiger partial charge in [-0.1, -0.05) is 19.9 Å². The summed E-state index contributed by atoms with van der Waals surface area (Å²) in [7, 11) is 0. The first-order valence-electron chi connectivity index (χ1n) is 7.57. The Kier molecular flexibility index (Phi) is 2.53. The lowest BCUT2D eigenvalue weighted by Crippen LogP contribution is -2.48. The molecule has 0 aromatic heterocycles. The highest BCUT2D eigenvalue weighted by Gasteiger charge is 2.74. The van der Waals surface area contributed by atoms with Gasteiger partial charge in [0.25, 0.3) is 0 Å². The molecule has 3 saturated carbocycles. The van der Waals surface area contributed by atoms with Gasteiger partial charge in [0, 0.05) is 16.9 Å². The van der Waals surface area contributed by atoms with Crippen LogP contribution in [0.15, 0.2) is 12.2 Å². The van der Waals surface area contributed by atoms with Crippen molar-refractivity contribution in [2.75, 3.05) is 0 Å². The van der Waals surface area contributed by atoms with Crippen molar-refractivity contribution in [3.63, 3.8) is 0 Å². The maximum atomic E-state index is 11.8. The Balaban J connectivity index is 1.70. The molecule has 110 valence electrons. The normalized spacial score (nSPS) is 52.5. The summed E-state index contributed by atoms with van der Waals surface area (Å²) in [4.78, 5) is 11.8. The van der Waals surface area contributed by atoms with Crippen molar-refractivity contribution in [2.24, 2.45) is 22.7 Å². The molecule has 3 aliphatic carbocycles. The van der Waals surface area contributed by atoms with Crippen LogP contribution in [0, 0.1) is 22.7 Å². The summed E-state index contributed by atoms with van der Waals surface area (Å²) < 4.78 is 4.97. The van der Waals surface area contributed by atoms with Crippen molar-refractivity contribution in [1.29, 1.82) is 0 Å². The van der Waals surface area contributed by atoms with E-state index in [0.717, 1.165) is 25.7 Å². The maximum absolute atomic E-state index is 11.8. The highest BCUT2D eigenvalue weighted by atomic mass is 35.5. The van der Waals surface area contributed by atoms with Crippen molar-refractivity contribution < 1.29 is 9.53 Å². The van der Waals surface area contributed by atoms with Gasteiger partial charge in [0.05, 0.1) is 0 Å². The van der Waals surface area contributed by atoms with Gasteiger partial charge >= 0.3 is 5.97 Å². The van der Waals surface area contributed by atoms with Gasteiger partial charge in [-0.15, -0.1) is 23.2 Å². The fourth-order valence-corrected chi connectivity index (χ4v) is 6.37. The minimum absolute atomic E-state index is 0.0326. The summed E-state index contributed by atoms with van der Waals surface area (Å²) in [6.07, 6.45) is 6.34. The third-order valence-corrected chi connectivity index (χ3v) is 7.61. The topological polar surface area (TPSA) is 26.3 Å². The number of ether oxygens (including phenoxy) is 1. The lowest BCUT2D eigenvalue weighted by Gasteiger charge is -2.53. The predicted octanol–water partition coefficient (Wildman–Crippen LogP) is 4.25. The standard InChI is InChI=1S/C16H20Cl2O2/c1-9-10-6-12-14(2,7-11(10)20-13(9)19)4-3-5-15(12)8-16(15,17)18/h10-12H,1,3-8H2,2H3/t10-,11-,12-,14-,15-/m1/s1. The molecule has 0 radical (unpaired) electrons. The smallest absolute Gasteiger partial charge is 0.334 e. The first-order chi connectivity index (χ1) is 9.29. The van der Waals surface area contributed by atoms with Gasteiger partial charge in [-0.25, -0.2) is 4.79 Å². The zero-order valence-corrected chi connectivity index (χ0v) is 13.3. The number of carbonyl (C=O) groups excluding carboxylic acids is 1. The molecule has 4 rings (SSSR count). The van der Waals surface area contributed by atoms with Crippen molar-refractivity contribution in [2.45, 2.75) is 55.9 Å². The summed E-state index contributed by atoms with van der Waals surface area (Å²) in [5.41, 5.74) is 0.934. The van der Waals surface area contributed by atoms with Crippen molar-refractivity contribution in [1.82, 2.24) is 0 Å². The number of carbonyl (C=O) groups is 1. The number of esters is 1. The Hall–Kier alpha value is -0.210. The van der Waals surface area contributed by atoms with Crippen molar-refractivity contribution in [3.8, 4) is 0 Å². The number of rotatable bonds is 0. The molecule has 0 amide bonds. The zero-order chi connectivity index (χ0) is 14.3. The molecule has 0 aromatic rings. The molecule has 4 aliphatic rings. The van der Waals surface area contributed by atoms with Crippen LogP contribution in [0.2, 0.25) is 0 Å². The Morgan fingerprint density at radius 3 is 2.70 bits per heavy atom. The quantitative estimate of drug-likeness (QED) is 0.379. The molecule has 20 heavy (non-hydrogen) atoms. The molecule has 4 heteroatoms. The van der Waals surface area contributed by atoms with Gasteiger partial charge in [0.15, 0.2) is 0 Å². The van der Waals surface area contributed by atoms with Gasteiger partial charge < -0.3 is 4.74 Å². The average molecular weight is 315 g/mol. The SMILES string of the molecule is C=C1C(=O)O[C@@H]2C[C@@]3(C)CCC[C@@]4(CC4(Cl)Cl)[C@@H]3C[C@H]12. The van der Waals surface area contributed by atoms with E-state index in [1.165, 1.54) is 12.8 Å². The van der Waals surface area contributed by atoms with Gasteiger partial charge in [-0.3, -0.25) is 0 Å². The molecule has 1 saturated heterocycles. The summed E-state index contributed by atoms with van der Waals surface area (Å²) in [5, 5.41) is 0. The number of hydrogen-bond donors (Lipinski definition) is 0. The number of alkyl halides is 2. The van der Waals surface area contributed by atoms with E-state index in [4.69, 9.17) is 27.9 Å². The van der Waals surface area contributed by atoms with E-state index in [1.807, 2.05) is 0 Å². The van der Waals surface area contributed by atoms with Crippen LogP contribution < -0.4 is 0 Å². The van der Waals surface area contributed by atoms with Crippen LogP contribution in [0.25, 0.3) is 0 Å². The third kappa shape index (κ3) is 1.50. The predicted molar refractivity (Wildman–Crippen MR) is 78.7 cm³/mol. The maximum Gasteiger partial charge on any atom is 0.334 e. The monoisotopic (exact) mass is 314 g/mol. The average Bonchev–Trinajstić information content (AvgIpc) is 2.77. The number of hydrogen-bond acceptors (Lipinski definition) is 2. The second kappa shape index (κ2) is 3.76. The minimum Gasteiger partial charge on any atom is -0.458 e. The molecular weight excluding hydrogens is 295 g/mol. The first kappa shape index (κ1) is 13.5. The van der Waals surface area contributed by atoms with E-state index in [-0.39, 0.29) is 28.8 Å². The van der Waals surface area contributed by atoms with Gasteiger partial charge in [-0.2, -0.15) is 0 Å². The Morgan fingerprint density at radius 1 is 1.35 bits per heavy atom. The van der Waals surface area contributed by atoms with E-state index < -0.39 is 4.33 Å². The Morgan fingerprint density at radius 2 is 2.05 bits per heavy atom. The zero-order valence-electron chi connectivity index (χ0n) is 11.8. The Bertz CT molecular complexity index is 515. The van der Waals surface area contributed by atoms with Gasteiger partial charge in [-0.05, 0) is 43.4 Å². The molecule has 0 bridgehead atoms.